The molecular formula is C31H36FN3O4S. The van der Waals surface area contributed by atoms with Crippen molar-refractivity contribution in [1.82, 2.24) is 10.2 Å². The summed E-state index contributed by atoms with van der Waals surface area (Å²) in [5, 5.41) is 3.16. The molecule has 0 aliphatic heterocycles. The molecule has 1 N–H and O–H groups in total. The smallest absolute Gasteiger partial charge is 0.244 e. The molecule has 0 heterocycles. The maximum atomic E-state index is 14.0. The zero-order chi connectivity index (χ0) is 28.5. The molecule has 0 bridgehead atoms. The lowest BCUT2D eigenvalue weighted by molar-refractivity contribution is -0.140. The van der Waals surface area contributed by atoms with Gasteiger partial charge in [0, 0.05) is 19.0 Å². The largest absolute Gasteiger partial charge is 0.352 e. The van der Waals surface area contributed by atoms with Crippen LogP contribution >= 0.6 is 0 Å². The lowest BCUT2D eigenvalue weighted by atomic mass is 9.94. The molecule has 1 fully saturated rings. The highest BCUT2D eigenvalue weighted by atomic mass is 32.2. The minimum atomic E-state index is -3.82. The highest BCUT2D eigenvalue weighted by Gasteiger charge is 2.34. The molecular weight excluding hydrogens is 529 g/mol. The van der Waals surface area contributed by atoms with Gasteiger partial charge in [0.05, 0.1) is 11.9 Å². The third kappa shape index (κ3) is 8.14. The minimum absolute atomic E-state index is 0.0150. The van der Waals surface area contributed by atoms with Gasteiger partial charge in [-0.05, 0) is 48.2 Å². The van der Waals surface area contributed by atoms with Crippen molar-refractivity contribution in [2.75, 3.05) is 17.1 Å². The molecule has 0 unspecified atom stereocenters. The normalized spacial score (nSPS) is 14.8. The molecule has 4 rings (SSSR count). The Hall–Kier alpha value is -3.72. The van der Waals surface area contributed by atoms with E-state index in [2.05, 4.69) is 5.32 Å². The first-order valence-corrected chi connectivity index (χ1v) is 15.5. The number of rotatable bonds is 11. The number of anilines is 1. The average molecular weight is 566 g/mol. The van der Waals surface area contributed by atoms with Crippen molar-refractivity contribution < 1.29 is 22.4 Å². The molecule has 1 atom stereocenters. The number of nitrogens with one attached hydrogen (secondary N) is 1. The maximum absolute atomic E-state index is 14.0. The number of benzene rings is 3. The van der Waals surface area contributed by atoms with Gasteiger partial charge in [0.15, 0.2) is 0 Å². The van der Waals surface area contributed by atoms with Crippen LogP contribution in [0.3, 0.4) is 0 Å². The number of sulfonamides is 1. The van der Waals surface area contributed by atoms with Crippen LogP contribution < -0.4 is 9.62 Å². The number of nitrogens with zero attached hydrogens (tertiary/aromatic N) is 2. The van der Waals surface area contributed by atoms with Crippen molar-refractivity contribution in [3.8, 4) is 0 Å². The second-order valence-corrected chi connectivity index (χ2v) is 12.2. The third-order valence-corrected chi connectivity index (χ3v) is 8.35. The molecule has 0 saturated heterocycles. The van der Waals surface area contributed by atoms with Crippen LogP contribution in [0.1, 0.15) is 43.2 Å². The number of para-hydroxylation sites is 1. The van der Waals surface area contributed by atoms with E-state index in [1.54, 1.807) is 42.5 Å². The molecule has 1 saturated carbocycles. The van der Waals surface area contributed by atoms with Gasteiger partial charge in [-0.3, -0.25) is 13.9 Å². The van der Waals surface area contributed by atoms with Crippen LogP contribution in [-0.2, 0) is 32.6 Å². The molecule has 7 nitrogen and oxygen atoms in total. The second-order valence-electron chi connectivity index (χ2n) is 10.3. The SMILES string of the molecule is CS(=O)(=O)N(CC(=O)N(Cc1ccc(F)cc1)[C@@H](Cc1ccccc1)C(=O)NC1CCCCC1)c1ccccc1. The fraction of sp³-hybridized carbons (Fsp3) is 0.355. The van der Waals surface area contributed by atoms with E-state index in [1.165, 1.54) is 17.0 Å². The summed E-state index contributed by atoms with van der Waals surface area (Å²) in [5.74, 6) is -1.22. The van der Waals surface area contributed by atoms with Gasteiger partial charge in [0.25, 0.3) is 0 Å². The molecule has 0 spiro atoms. The predicted octanol–water partition coefficient (Wildman–Crippen LogP) is 4.68. The summed E-state index contributed by atoms with van der Waals surface area (Å²) in [4.78, 5) is 29.3. The van der Waals surface area contributed by atoms with E-state index in [9.17, 15) is 22.4 Å². The Bertz CT molecular complexity index is 1360. The van der Waals surface area contributed by atoms with Crippen LogP contribution in [0.15, 0.2) is 84.9 Å². The van der Waals surface area contributed by atoms with Gasteiger partial charge in [-0.2, -0.15) is 0 Å². The van der Waals surface area contributed by atoms with E-state index < -0.39 is 34.3 Å². The Kier molecular flexibility index (Phi) is 9.93. The Morgan fingerprint density at radius 3 is 2.08 bits per heavy atom. The van der Waals surface area contributed by atoms with Crippen LogP contribution in [0.2, 0.25) is 0 Å². The summed E-state index contributed by atoms with van der Waals surface area (Å²) in [5.41, 5.74) is 1.85. The van der Waals surface area contributed by atoms with Gasteiger partial charge >= 0.3 is 0 Å². The number of carbonyl (C=O) groups excluding carboxylic acids is 2. The zero-order valence-electron chi connectivity index (χ0n) is 22.7. The molecule has 3 aromatic rings. The highest BCUT2D eigenvalue weighted by Crippen LogP contribution is 2.22. The first-order chi connectivity index (χ1) is 19.2. The van der Waals surface area contributed by atoms with Crippen molar-refractivity contribution in [3.63, 3.8) is 0 Å². The van der Waals surface area contributed by atoms with Gasteiger partial charge in [0.2, 0.25) is 21.8 Å². The highest BCUT2D eigenvalue weighted by molar-refractivity contribution is 7.92. The molecule has 2 amide bonds. The van der Waals surface area contributed by atoms with E-state index in [0.717, 1.165) is 48.2 Å². The summed E-state index contributed by atoms with van der Waals surface area (Å²) in [6.07, 6.45) is 6.26. The van der Waals surface area contributed by atoms with Gasteiger partial charge in [0.1, 0.15) is 18.4 Å². The molecule has 1 aliphatic rings. The first-order valence-electron chi connectivity index (χ1n) is 13.6. The fourth-order valence-corrected chi connectivity index (χ4v) is 5.94. The monoisotopic (exact) mass is 565 g/mol. The maximum Gasteiger partial charge on any atom is 0.244 e. The quantitative estimate of drug-likeness (QED) is 0.366. The fourth-order valence-electron chi connectivity index (χ4n) is 5.09. The number of amides is 2. The van der Waals surface area contributed by atoms with E-state index >= 15 is 0 Å². The van der Waals surface area contributed by atoms with Gasteiger partial charge in [-0.1, -0.05) is 79.9 Å². The Morgan fingerprint density at radius 1 is 0.875 bits per heavy atom. The van der Waals surface area contributed by atoms with Crippen LogP contribution in [0.25, 0.3) is 0 Å². The molecule has 9 heteroatoms. The molecule has 0 aromatic heterocycles. The summed E-state index contributed by atoms with van der Waals surface area (Å²) in [6, 6.07) is 22.7. The Morgan fingerprint density at radius 2 is 1.48 bits per heavy atom. The Labute approximate surface area is 236 Å². The molecule has 0 radical (unpaired) electrons. The van der Waals surface area contributed by atoms with E-state index in [4.69, 9.17) is 0 Å². The van der Waals surface area contributed by atoms with Gasteiger partial charge < -0.3 is 10.2 Å². The van der Waals surface area contributed by atoms with Crippen molar-refractivity contribution >= 4 is 27.5 Å². The molecule has 40 heavy (non-hydrogen) atoms. The van der Waals surface area contributed by atoms with Crippen molar-refractivity contribution in [2.45, 2.75) is 57.2 Å². The summed E-state index contributed by atoms with van der Waals surface area (Å²) in [7, 11) is -3.82. The van der Waals surface area contributed by atoms with Crippen molar-refractivity contribution in [2.24, 2.45) is 0 Å². The standard InChI is InChI=1S/C31H36FN3O4S/c1-40(38,39)35(28-15-9-4-10-16-28)23-30(36)34(22-25-17-19-26(32)20-18-25)29(21-24-11-5-2-6-12-24)31(37)33-27-13-7-3-8-14-27/h2,4-6,9-12,15-20,27,29H,3,7-8,13-14,21-23H2,1H3,(H,33,37)/t29-/m0/s1. The predicted molar refractivity (Wildman–Crippen MR) is 155 cm³/mol. The average Bonchev–Trinajstić information content (AvgIpc) is 2.95. The first kappa shape index (κ1) is 29.3. The van der Waals surface area contributed by atoms with Crippen molar-refractivity contribution in [1.29, 1.82) is 0 Å². The molecule has 212 valence electrons. The van der Waals surface area contributed by atoms with Crippen molar-refractivity contribution in [3.05, 3.63) is 102 Å². The zero-order valence-corrected chi connectivity index (χ0v) is 23.5. The topological polar surface area (TPSA) is 86.8 Å². The number of halogens is 1. The van der Waals surface area contributed by atoms with E-state index in [1.807, 2.05) is 30.3 Å². The second kappa shape index (κ2) is 13.6. The third-order valence-electron chi connectivity index (χ3n) is 7.21. The van der Waals surface area contributed by atoms with Crippen LogP contribution in [0, 0.1) is 5.82 Å². The lowest BCUT2D eigenvalue weighted by Crippen LogP contribution is -2.55. The Balaban J connectivity index is 1.70. The summed E-state index contributed by atoms with van der Waals surface area (Å²) >= 11 is 0. The van der Waals surface area contributed by atoms with Crippen LogP contribution in [0.4, 0.5) is 10.1 Å². The lowest BCUT2D eigenvalue weighted by Gasteiger charge is -2.35. The van der Waals surface area contributed by atoms with E-state index in [-0.39, 0.29) is 24.9 Å². The van der Waals surface area contributed by atoms with Gasteiger partial charge in [-0.25, -0.2) is 12.8 Å². The van der Waals surface area contributed by atoms with E-state index in [0.29, 0.717) is 11.3 Å². The number of carbonyl (C=O) groups is 2. The van der Waals surface area contributed by atoms with Crippen LogP contribution in [0.5, 0.6) is 0 Å². The van der Waals surface area contributed by atoms with Crippen LogP contribution in [-0.4, -0.2) is 50.0 Å². The molecule has 1 aliphatic carbocycles. The molecule has 3 aromatic carbocycles. The summed E-state index contributed by atoms with van der Waals surface area (Å²) < 4.78 is 40.3. The number of hydrogen-bond acceptors (Lipinski definition) is 4. The minimum Gasteiger partial charge on any atom is -0.352 e. The number of hydrogen-bond donors (Lipinski definition) is 1. The van der Waals surface area contributed by atoms with Gasteiger partial charge in [-0.15, -0.1) is 0 Å². The summed E-state index contributed by atoms with van der Waals surface area (Å²) in [6.45, 7) is -0.465.